The van der Waals surface area contributed by atoms with E-state index in [4.69, 9.17) is 22.1 Å². The maximum absolute atomic E-state index is 11.6. The van der Waals surface area contributed by atoms with Gasteiger partial charge >= 0.3 is 11.9 Å². The molecule has 0 aliphatic carbocycles. The monoisotopic (exact) mass is 480 g/mol. The van der Waals surface area contributed by atoms with Crippen molar-refractivity contribution in [1.82, 2.24) is 0 Å². The van der Waals surface area contributed by atoms with Gasteiger partial charge in [0, 0.05) is 33.2 Å². The molecule has 4 unspecified atom stereocenters. The predicted molar refractivity (Wildman–Crippen MR) is 129 cm³/mol. The molecule has 2 saturated heterocycles. The predicted octanol–water partition coefficient (Wildman–Crippen LogP) is 4.65. The quantitative estimate of drug-likeness (QED) is 0.291. The number of carbonyl (C=O) groups excluding carboxylic acids is 2. The van der Waals surface area contributed by atoms with E-state index >= 15 is 0 Å². The Labute approximate surface area is 190 Å². The standard InChI is InChI=1S/C19H28O4S5/c1-6-19(24,17-25-9-13(27-17)7-22-15(20)11(2)3)18-26-10-14(28-18)8-23-16(21)12(4)5/h13-14,17-18,24H,2,4,6-10H2,1,3,5H3. The Morgan fingerprint density at radius 3 is 1.68 bits per heavy atom. The van der Waals surface area contributed by atoms with E-state index in [9.17, 15) is 9.59 Å². The minimum atomic E-state index is -0.323. The number of thiol groups is 1. The van der Waals surface area contributed by atoms with E-state index < -0.39 is 0 Å². The van der Waals surface area contributed by atoms with Crippen LogP contribution in [0, 0.1) is 0 Å². The molecule has 0 bridgehead atoms. The first kappa shape index (κ1) is 24.4. The number of carbonyl (C=O) groups is 2. The molecule has 0 aromatic carbocycles. The number of hydrogen-bond acceptors (Lipinski definition) is 9. The van der Waals surface area contributed by atoms with Gasteiger partial charge in [0.2, 0.25) is 0 Å². The fraction of sp³-hybridized carbons (Fsp3) is 0.684. The first-order valence-corrected chi connectivity index (χ1v) is 13.5. The lowest BCUT2D eigenvalue weighted by atomic mass is 10.1. The van der Waals surface area contributed by atoms with E-state index in [1.807, 2.05) is 47.0 Å². The van der Waals surface area contributed by atoms with E-state index in [1.54, 1.807) is 13.8 Å². The summed E-state index contributed by atoms with van der Waals surface area (Å²) in [7, 11) is 0. The summed E-state index contributed by atoms with van der Waals surface area (Å²) < 4.78 is 11.2. The van der Waals surface area contributed by atoms with E-state index in [0.29, 0.717) is 33.5 Å². The molecule has 28 heavy (non-hydrogen) atoms. The average Bonchev–Trinajstić information content (AvgIpc) is 3.33. The Balaban J connectivity index is 1.87. The third-order valence-electron chi connectivity index (χ3n) is 4.38. The summed E-state index contributed by atoms with van der Waals surface area (Å²) in [6.45, 7) is 13.6. The molecule has 0 spiro atoms. The van der Waals surface area contributed by atoms with Gasteiger partial charge in [-0.2, -0.15) is 12.6 Å². The highest BCUT2D eigenvalue weighted by Gasteiger charge is 2.49. The fourth-order valence-corrected chi connectivity index (χ4v) is 11.1. The van der Waals surface area contributed by atoms with Crippen LogP contribution in [0.25, 0.3) is 0 Å². The largest absolute Gasteiger partial charge is 0.461 e. The highest BCUT2D eigenvalue weighted by atomic mass is 32.2. The van der Waals surface area contributed by atoms with Gasteiger partial charge in [-0.3, -0.25) is 0 Å². The summed E-state index contributed by atoms with van der Waals surface area (Å²) in [5.74, 6) is 1.25. The SMILES string of the molecule is C=C(C)C(=O)OCC1CSC(C(S)(CC)C2SCC(COC(=O)C(=C)C)S2)S1. The van der Waals surface area contributed by atoms with E-state index in [0.717, 1.165) is 17.9 Å². The summed E-state index contributed by atoms with van der Waals surface area (Å²) in [5, 5.41) is 0.556. The van der Waals surface area contributed by atoms with Crippen molar-refractivity contribution in [3.05, 3.63) is 24.3 Å². The summed E-state index contributed by atoms with van der Waals surface area (Å²) in [6, 6.07) is 0. The molecule has 9 heteroatoms. The molecule has 0 amide bonds. The Kier molecular flexibility index (Phi) is 9.58. The van der Waals surface area contributed by atoms with Crippen LogP contribution in [-0.4, -0.2) is 61.1 Å². The molecule has 2 rings (SSSR count). The lowest BCUT2D eigenvalue weighted by molar-refractivity contribution is -0.139. The molecule has 2 heterocycles. The van der Waals surface area contributed by atoms with Gasteiger partial charge < -0.3 is 9.47 Å². The molecular weight excluding hydrogens is 453 g/mol. The van der Waals surface area contributed by atoms with Crippen LogP contribution in [0.15, 0.2) is 24.3 Å². The average molecular weight is 481 g/mol. The van der Waals surface area contributed by atoms with Crippen molar-refractivity contribution in [2.24, 2.45) is 0 Å². The zero-order valence-corrected chi connectivity index (χ0v) is 20.6. The number of esters is 2. The zero-order valence-electron chi connectivity index (χ0n) is 16.5. The molecule has 2 fully saturated rings. The van der Waals surface area contributed by atoms with Crippen molar-refractivity contribution < 1.29 is 19.1 Å². The Bertz CT molecular complexity index is 575. The van der Waals surface area contributed by atoms with Gasteiger partial charge in [-0.05, 0) is 20.3 Å². The van der Waals surface area contributed by atoms with Crippen LogP contribution >= 0.6 is 59.7 Å². The molecule has 158 valence electrons. The molecular formula is C19H28O4S5. The molecule has 2 aliphatic rings. The molecule has 4 nitrogen and oxygen atoms in total. The first-order valence-electron chi connectivity index (χ1n) is 9.09. The van der Waals surface area contributed by atoms with E-state index in [1.165, 1.54) is 0 Å². The second-order valence-electron chi connectivity index (χ2n) is 6.95. The van der Waals surface area contributed by atoms with Crippen molar-refractivity contribution in [3.63, 3.8) is 0 Å². The number of rotatable bonds is 9. The van der Waals surface area contributed by atoms with Crippen LogP contribution in [-0.2, 0) is 19.1 Å². The Morgan fingerprint density at radius 2 is 1.36 bits per heavy atom. The van der Waals surface area contributed by atoms with Crippen LogP contribution < -0.4 is 0 Å². The first-order chi connectivity index (χ1) is 13.2. The topological polar surface area (TPSA) is 52.6 Å². The number of thioether (sulfide) groups is 4. The molecule has 0 aromatic rings. The van der Waals surface area contributed by atoms with Gasteiger partial charge in [0.1, 0.15) is 13.2 Å². The summed E-state index contributed by atoms with van der Waals surface area (Å²) in [5.41, 5.74) is 0.864. The smallest absolute Gasteiger partial charge is 0.333 e. The Morgan fingerprint density at radius 1 is 0.964 bits per heavy atom. The second kappa shape index (κ2) is 11.0. The van der Waals surface area contributed by atoms with E-state index in [-0.39, 0.29) is 27.2 Å². The molecule has 2 aliphatic heterocycles. The Hall–Kier alpha value is 0.170. The molecule has 0 radical (unpaired) electrons. The second-order valence-corrected chi connectivity index (χ2v) is 13.5. The van der Waals surface area contributed by atoms with Crippen LogP contribution in [0.4, 0.5) is 0 Å². The van der Waals surface area contributed by atoms with Crippen LogP contribution in [0.3, 0.4) is 0 Å². The van der Waals surface area contributed by atoms with Crippen molar-refractivity contribution in [1.29, 1.82) is 0 Å². The van der Waals surface area contributed by atoms with Gasteiger partial charge in [0.15, 0.2) is 0 Å². The summed E-state index contributed by atoms with van der Waals surface area (Å²) in [4.78, 5) is 23.3. The molecule has 4 atom stereocenters. The molecule has 0 aromatic heterocycles. The van der Waals surface area contributed by atoms with Crippen LogP contribution in [0.2, 0.25) is 0 Å². The molecule has 0 saturated carbocycles. The van der Waals surface area contributed by atoms with Crippen molar-refractivity contribution >= 4 is 71.6 Å². The maximum atomic E-state index is 11.6. The lowest BCUT2D eigenvalue weighted by Crippen LogP contribution is -2.39. The highest BCUT2D eigenvalue weighted by Crippen LogP contribution is 2.56. The maximum Gasteiger partial charge on any atom is 0.333 e. The summed E-state index contributed by atoms with van der Waals surface area (Å²) in [6.07, 6.45) is 0.946. The number of hydrogen-bond donors (Lipinski definition) is 1. The van der Waals surface area contributed by atoms with Gasteiger partial charge in [-0.15, -0.1) is 47.0 Å². The normalized spacial score (nSPS) is 29.1. The van der Waals surface area contributed by atoms with E-state index in [2.05, 4.69) is 20.1 Å². The zero-order chi connectivity index (χ0) is 20.9. The van der Waals surface area contributed by atoms with Gasteiger partial charge in [0.05, 0.1) is 13.9 Å². The minimum Gasteiger partial charge on any atom is -0.461 e. The molecule has 0 N–H and O–H groups in total. The minimum absolute atomic E-state index is 0.148. The van der Waals surface area contributed by atoms with Crippen LogP contribution in [0.5, 0.6) is 0 Å². The van der Waals surface area contributed by atoms with Crippen molar-refractivity contribution in [3.8, 4) is 0 Å². The number of ether oxygens (including phenoxy) is 2. The van der Waals surface area contributed by atoms with Gasteiger partial charge in [0.25, 0.3) is 0 Å². The highest BCUT2D eigenvalue weighted by molar-refractivity contribution is 8.23. The third kappa shape index (κ3) is 6.33. The van der Waals surface area contributed by atoms with Crippen molar-refractivity contribution in [2.75, 3.05) is 24.7 Å². The van der Waals surface area contributed by atoms with Crippen LogP contribution in [0.1, 0.15) is 27.2 Å². The fourth-order valence-electron chi connectivity index (χ4n) is 2.62. The van der Waals surface area contributed by atoms with Gasteiger partial charge in [-0.1, -0.05) is 20.1 Å². The lowest BCUT2D eigenvalue weighted by Gasteiger charge is -2.37. The third-order valence-corrected chi connectivity index (χ3v) is 13.2. The summed E-state index contributed by atoms with van der Waals surface area (Å²) >= 11 is 12.7. The van der Waals surface area contributed by atoms with Gasteiger partial charge in [-0.25, -0.2) is 9.59 Å². The van der Waals surface area contributed by atoms with Crippen molar-refractivity contribution in [2.45, 2.75) is 51.6 Å².